The van der Waals surface area contributed by atoms with Crippen LogP contribution in [-0.2, 0) is 0 Å². The van der Waals surface area contributed by atoms with E-state index in [1.54, 1.807) is 0 Å². The molecule has 0 radical (unpaired) electrons. The molecule has 0 aromatic carbocycles. The maximum absolute atomic E-state index is 4.41. The summed E-state index contributed by atoms with van der Waals surface area (Å²) in [4.78, 5) is 6.46. The van der Waals surface area contributed by atoms with Crippen LogP contribution < -0.4 is 0 Å². The molecule has 0 aliphatic heterocycles. The van der Waals surface area contributed by atoms with Crippen molar-refractivity contribution in [2.45, 2.75) is 27.7 Å². The molecule has 2 nitrogen and oxygen atoms in total. The van der Waals surface area contributed by atoms with Crippen LogP contribution in [0.25, 0.3) is 0 Å². The molecule has 0 atom stereocenters. The largest absolute Gasteiger partial charge is 0.363 e. The van der Waals surface area contributed by atoms with Crippen molar-refractivity contribution in [1.29, 1.82) is 0 Å². The summed E-state index contributed by atoms with van der Waals surface area (Å²) in [5, 5.41) is 0. The fraction of sp³-hybridized carbons (Fsp3) is 0.727. The van der Waals surface area contributed by atoms with E-state index in [4.69, 9.17) is 0 Å². The smallest absolute Gasteiger partial charge is 0.122 e. The van der Waals surface area contributed by atoms with Gasteiger partial charge in [0.05, 0.1) is 0 Å². The lowest BCUT2D eigenvalue weighted by atomic mass is 10.1. The molecule has 0 spiro atoms. The monoisotopic (exact) mass is 182 g/mol. The van der Waals surface area contributed by atoms with Gasteiger partial charge in [-0.05, 0) is 25.8 Å². The number of hydrogen-bond acceptors (Lipinski definition) is 1. The Morgan fingerprint density at radius 2 is 1.92 bits per heavy atom. The van der Waals surface area contributed by atoms with Gasteiger partial charge in [-0.15, -0.1) is 0 Å². The fourth-order valence-corrected chi connectivity index (χ4v) is 0.848. The minimum absolute atomic E-state index is 0.599. The Labute approximate surface area is 82.4 Å². The zero-order valence-corrected chi connectivity index (χ0v) is 9.76. The van der Waals surface area contributed by atoms with Gasteiger partial charge in [0.15, 0.2) is 0 Å². The highest BCUT2D eigenvalue weighted by Gasteiger charge is 2.01. The first-order chi connectivity index (χ1) is 5.99. The molecule has 13 heavy (non-hydrogen) atoms. The molecule has 0 fully saturated rings. The van der Waals surface area contributed by atoms with Crippen LogP contribution in [0.2, 0.25) is 0 Å². The summed E-state index contributed by atoms with van der Waals surface area (Å²) in [6.07, 6.45) is 2.16. The van der Waals surface area contributed by atoms with Crippen molar-refractivity contribution in [1.82, 2.24) is 4.90 Å². The number of aliphatic imine (C=N–C) groups is 1. The van der Waals surface area contributed by atoms with E-state index in [0.29, 0.717) is 5.92 Å². The van der Waals surface area contributed by atoms with Crippen LogP contribution in [0.5, 0.6) is 0 Å². The number of amidine groups is 1. The molecule has 0 heterocycles. The molecule has 2 heteroatoms. The van der Waals surface area contributed by atoms with Crippen LogP contribution in [0, 0.1) is 5.92 Å². The lowest BCUT2D eigenvalue weighted by Crippen LogP contribution is -2.20. The average Bonchev–Trinajstić information content (AvgIpc) is 2.03. The Hall–Kier alpha value is -0.790. The van der Waals surface area contributed by atoms with Crippen LogP contribution >= 0.6 is 0 Å². The lowest BCUT2D eigenvalue weighted by molar-refractivity contribution is 0.620. The Bertz CT molecular complexity index is 200. The second-order valence-corrected chi connectivity index (χ2v) is 3.77. The van der Waals surface area contributed by atoms with Gasteiger partial charge in [-0.3, -0.25) is 4.99 Å². The summed E-state index contributed by atoms with van der Waals surface area (Å²) in [6, 6.07) is 0. The van der Waals surface area contributed by atoms with Crippen LogP contribution in [0.4, 0.5) is 0 Å². The molecule has 0 aromatic rings. The van der Waals surface area contributed by atoms with Crippen molar-refractivity contribution in [3.8, 4) is 0 Å². The van der Waals surface area contributed by atoms with Crippen molar-refractivity contribution in [3.05, 3.63) is 11.6 Å². The summed E-state index contributed by atoms with van der Waals surface area (Å²) in [5.74, 6) is 1.66. The van der Waals surface area contributed by atoms with E-state index in [1.165, 1.54) is 5.57 Å². The van der Waals surface area contributed by atoms with Gasteiger partial charge in [0.1, 0.15) is 5.84 Å². The van der Waals surface area contributed by atoms with E-state index in [9.17, 15) is 0 Å². The summed E-state index contributed by atoms with van der Waals surface area (Å²) in [5.41, 5.74) is 1.38. The summed E-state index contributed by atoms with van der Waals surface area (Å²) in [7, 11) is 4.05. The summed E-state index contributed by atoms with van der Waals surface area (Å²) in [6.45, 7) is 9.45. The van der Waals surface area contributed by atoms with Crippen LogP contribution in [-0.4, -0.2) is 31.4 Å². The minimum Gasteiger partial charge on any atom is -0.363 e. The van der Waals surface area contributed by atoms with Gasteiger partial charge in [-0.2, -0.15) is 0 Å². The van der Waals surface area contributed by atoms with Gasteiger partial charge in [-0.1, -0.05) is 19.4 Å². The Kier molecular flexibility index (Phi) is 5.44. The highest BCUT2D eigenvalue weighted by atomic mass is 15.1. The van der Waals surface area contributed by atoms with E-state index >= 15 is 0 Å². The van der Waals surface area contributed by atoms with Gasteiger partial charge < -0.3 is 4.90 Å². The third kappa shape index (κ3) is 4.71. The molecule has 0 unspecified atom stereocenters. The van der Waals surface area contributed by atoms with Crippen molar-refractivity contribution in [3.63, 3.8) is 0 Å². The highest BCUT2D eigenvalue weighted by Crippen LogP contribution is 2.08. The van der Waals surface area contributed by atoms with Crippen LogP contribution in [0.15, 0.2) is 16.6 Å². The summed E-state index contributed by atoms with van der Waals surface area (Å²) >= 11 is 0. The molecule has 76 valence electrons. The number of likely N-dealkylation sites (N-methyl/N-ethyl adjacent to an activating group) is 1. The standard InChI is InChI=1S/C11H22N2/c1-7-12-11(13(5)6)8-10(4)9(2)3/h8-9H,7H2,1-6H3/b10-8+,12-11?. The van der Waals surface area contributed by atoms with E-state index in [2.05, 4.69) is 43.7 Å². The Balaban J connectivity index is 4.60. The third-order valence-electron chi connectivity index (χ3n) is 2.05. The topological polar surface area (TPSA) is 15.6 Å². The van der Waals surface area contributed by atoms with E-state index in [-0.39, 0.29) is 0 Å². The quantitative estimate of drug-likeness (QED) is 0.484. The number of allylic oxidation sites excluding steroid dienone is 1. The Morgan fingerprint density at radius 3 is 2.23 bits per heavy atom. The first-order valence-electron chi connectivity index (χ1n) is 4.89. The molecular formula is C11H22N2. The normalized spacial score (nSPS) is 13.8. The number of hydrogen-bond donors (Lipinski definition) is 0. The first-order valence-corrected chi connectivity index (χ1v) is 4.89. The predicted octanol–water partition coefficient (Wildman–Crippen LogP) is 2.57. The number of rotatable bonds is 3. The molecule has 0 amide bonds. The van der Waals surface area contributed by atoms with Crippen molar-refractivity contribution in [2.75, 3.05) is 20.6 Å². The van der Waals surface area contributed by atoms with Gasteiger partial charge in [0.25, 0.3) is 0 Å². The fourth-order valence-electron chi connectivity index (χ4n) is 0.848. The molecule has 0 aliphatic carbocycles. The van der Waals surface area contributed by atoms with E-state index in [1.807, 2.05) is 14.1 Å². The summed E-state index contributed by atoms with van der Waals surface area (Å²) < 4.78 is 0. The van der Waals surface area contributed by atoms with Gasteiger partial charge >= 0.3 is 0 Å². The highest BCUT2D eigenvalue weighted by molar-refractivity contribution is 5.93. The molecule has 0 saturated carbocycles. The molecule has 0 aromatic heterocycles. The molecule has 0 N–H and O–H groups in total. The zero-order valence-electron chi connectivity index (χ0n) is 9.76. The second kappa shape index (κ2) is 5.79. The zero-order chi connectivity index (χ0) is 10.4. The molecule has 0 bridgehead atoms. The van der Waals surface area contributed by atoms with Crippen molar-refractivity contribution < 1.29 is 0 Å². The van der Waals surface area contributed by atoms with Gasteiger partial charge in [0, 0.05) is 20.6 Å². The van der Waals surface area contributed by atoms with Gasteiger partial charge in [-0.25, -0.2) is 0 Å². The van der Waals surface area contributed by atoms with Gasteiger partial charge in [0.2, 0.25) is 0 Å². The molecule has 0 aliphatic rings. The van der Waals surface area contributed by atoms with Crippen molar-refractivity contribution in [2.24, 2.45) is 10.9 Å². The average molecular weight is 182 g/mol. The molecular weight excluding hydrogens is 160 g/mol. The van der Waals surface area contributed by atoms with E-state index in [0.717, 1.165) is 12.4 Å². The maximum atomic E-state index is 4.41. The minimum atomic E-state index is 0.599. The molecule has 0 saturated heterocycles. The number of nitrogens with zero attached hydrogens (tertiary/aromatic N) is 2. The first kappa shape index (κ1) is 12.2. The second-order valence-electron chi connectivity index (χ2n) is 3.77. The molecule has 0 rings (SSSR count). The van der Waals surface area contributed by atoms with Crippen LogP contribution in [0.1, 0.15) is 27.7 Å². The van der Waals surface area contributed by atoms with Crippen molar-refractivity contribution >= 4 is 5.84 Å². The maximum Gasteiger partial charge on any atom is 0.122 e. The van der Waals surface area contributed by atoms with Crippen LogP contribution in [0.3, 0.4) is 0 Å². The SMILES string of the molecule is CCN=C(/C=C(\C)C(C)C)N(C)C. The van der Waals surface area contributed by atoms with E-state index < -0.39 is 0 Å². The predicted molar refractivity (Wildman–Crippen MR) is 60.3 cm³/mol. The third-order valence-corrected chi connectivity index (χ3v) is 2.05. The Morgan fingerprint density at radius 1 is 1.38 bits per heavy atom. The lowest BCUT2D eigenvalue weighted by Gasteiger charge is -2.14.